The van der Waals surface area contributed by atoms with Crippen LogP contribution in [0.2, 0.25) is 18.1 Å². The third kappa shape index (κ3) is 3.44. The average Bonchev–Trinajstić information content (AvgIpc) is 2.88. The third-order valence-electron chi connectivity index (χ3n) is 5.25. The van der Waals surface area contributed by atoms with Gasteiger partial charge in [-0.2, -0.15) is 0 Å². The van der Waals surface area contributed by atoms with Crippen molar-refractivity contribution in [1.29, 1.82) is 0 Å². The van der Waals surface area contributed by atoms with Gasteiger partial charge in [0.05, 0.1) is 0 Å². The summed E-state index contributed by atoms with van der Waals surface area (Å²) in [5.74, 6) is 0. The molecule has 3 N–H and O–H groups in total. The molecule has 0 aliphatic carbocycles. The fourth-order valence-electron chi connectivity index (χ4n) is 3.71. The lowest BCUT2D eigenvalue weighted by Gasteiger charge is -2.29. The van der Waals surface area contributed by atoms with Crippen molar-refractivity contribution in [1.82, 2.24) is 10.3 Å². The summed E-state index contributed by atoms with van der Waals surface area (Å²) in [6.45, 7) is 8.83. The molecule has 2 aromatic rings. The molecule has 1 atom stereocenters. The first-order valence-corrected chi connectivity index (χ1v) is 11.2. The second kappa shape index (κ2) is 7.21. The van der Waals surface area contributed by atoms with Gasteiger partial charge in [0.2, 0.25) is 0 Å². The largest absolute Gasteiger partial charge is 0.465 e. The monoisotopic (exact) mass is 332 g/mol. The molecule has 0 bridgehead atoms. The number of fused-ring (bicyclic) bond motifs is 1. The molecule has 1 aromatic carbocycles. The van der Waals surface area contributed by atoms with Crippen molar-refractivity contribution in [3.63, 3.8) is 0 Å². The maximum Gasteiger partial charge on any atom is 0.404 e. The fraction of sp³-hybridized carbons (Fsp3) is 0.500. The van der Waals surface area contributed by atoms with Crippen molar-refractivity contribution >= 4 is 30.4 Å². The standard InChI is InChI=1S/C18H28N2O2Si/c1-5-23(6-2,7-3)17-15(12-13(4)19-18(21)22)14-10-8-9-11-16(14)20-17/h8-11,13,19-20H,5-7,12H2,1-4H3,(H,21,22). The van der Waals surface area contributed by atoms with Crippen LogP contribution in [0.1, 0.15) is 33.3 Å². The maximum atomic E-state index is 10.9. The molecule has 0 radical (unpaired) electrons. The van der Waals surface area contributed by atoms with Gasteiger partial charge in [0.25, 0.3) is 0 Å². The van der Waals surface area contributed by atoms with Gasteiger partial charge in [-0.15, -0.1) is 0 Å². The number of para-hydroxylation sites is 1. The summed E-state index contributed by atoms with van der Waals surface area (Å²) in [6, 6.07) is 11.9. The van der Waals surface area contributed by atoms with Crippen LogP contribution in [-0.4, -0.2) is 30.3 Å². The number of aromatic amines is 1. The molecule has 5 heteroatoms. The zero-order valence-electron chi connectivity index (χ0n) is 14.6. The predicted molar refractivity (Wildman–Crippen MR) is 99.5 cm³/mol. The molecule has 1 aromatic heterocycles. The van der Waals surface area contributed by atoms with Gasteiger partial charge in [0, 0.05) is 22.3 Å². The van der Waals surface area contributed by atoms with Crippen LogP contribution in [0.15, 0.2) is 24.3 Å². The number of amides is 1. The minimum Gasteiger partial charge on any atom is -0.465 e. The van der Waals surface area contributed by atoms with Gasteiger partial charge >= 0.3 is 6.09 Å². The summed E-state index contributed by atoms with van der Waals surface area (Å²) in [6.07, 6.45) is -0.218. The molecule has 2 rings (SSSR count). The van der Waals surface area contributed by atoms with Crippen molar-refractivity contribution < 1.29 is 9.90 Å². The summed E-state index contributed by atoms with van der Waals surface area (Å²) < 4.78 is 0. The van der Waals surface area contributed by atoms with E-state index in [1.165, 1.54) is 39.9 Å². The number of H-pyrrole nitrogens is 1. The Labute approximate surface area is 139 Å². The van der Waals surface area contributed by atoms with E-state index >= 15 is 0 Å². The Morgan fingerprint density at radius 1 is 1.22 bits per heavy atom. The lowest BCUT2D eigenvalue weighted by atomic mass is 10.1. The highest BCUT2D eigenvalue weighted by molar-refractivity contribution is 6.91. The number of carbonyl (C=O) groups is 1. The highest BCUT2D eigenvalue weighted by Gasteiger charge is 2.34. The van der Waals surface area contributed by atoms with E-state index in [1.54, 1.807) is 0 Å². The first-order chi connectivity index (χ1) is 11.0. The normalized spacial score (nSPS) is 13.2. The lowest BCUT2D eigenvalue weighted by Crippen LogP contribution is -2.49. The van der Waals surface area contributed by atoms with E-state index in [-0.39, 0.29) is 6.04 Å². The Morgan fingerprint density at radius 2 is 1.83 bits per heavy atom. The molecule has 23 heavy (non-hydrogen) atoms. The Kier molecular flexibility index (Phi) is 5.52. The number of rotatable bonds is 7. The first-order valence-electron chi connectivity index (χ1n) is 8.56. The van der Waals surface area contributed by atoms with Crippen LogP contribution in [0.5, 0.6) is 0 Å². The quantitative estimate of drug-likeness (QED) is 0.669. The summed E-state index contributed by atoms with van der Waals surface area (Å²) >= 11 is 0. The van der Waals surface area contributed by atoms with E-state index in [1.807, 2.05) is 6.92 Å². The molecule has 0 spiro atoms. The number of aromatic nitrogens is 1. The van der Waals surface area contributed by atoms with Crippen molar-refractivity contribution in [2.45, 2.75) is 58.3 Å². The lowest BCUT2D eigenvalue weighted by molar-refractivity contribution is 0.191. The van der Waals surface area contributed by atoms with E-state index in [0.717, 1.165) is 6.42 Å². The van der Waals surface area contributed by atoms with E-state index < -0.39 is 14.2 Å². The number of hydrogen-bond acceptors (Lipinski definition) is 1. The van der Waals surface area contributed by atoms with Gasteiger partial charge in [-0.3, -0.25) is 0 Å². The molecule has 0 aliphatic heterocycles. The topological polar surface area (TPSA) is 65.1 Å². The van der Waals surface area contributed by atoms with Crippen LogP contribution in [0, 0.1) is 0 Å². The number of benzene rings is 1. The molecule has 0 saturated heterocycles. The Balaban J connectivity index is 2.55. The summed E-state index contributed by atoms with van der Waals surface area (Å²) in [5.41, 5.74) is 2.49. The predicted octanol–water partition coefficient (Wildman–Crippen LogP) is 4.08. The highest BCUT2D eigenvalue weighted by Crippen LogP contribution is 2.27. The molecule has 0 aliphatic rings. The molecule has 0 fully saturated rings. The van der Waals surface area contributed by atoms with Crippen LogP contribution >= 0.6 is 0 Å². The Bertz CT molecular complexity index is 668. The number of hydrogen-bond donors (Lipinski definition) is 3. The van der Waals surface area contributed by atoms with E-state index in [2.05, 4.69) is 55.3 Å². The van der Waals surface area contributed by atoms with Gasteiger partial charge in [-0.1, -0.05) is 57.1 Å². The zero-order valence-corrected chi connectivity index (χ0v) is 15.6. The van der Waals surface area contributed by atoms with Gasteiger partial charge < -0.3 is 15.4 Å². The van der Waals surface area contributed by atoms with Crippen LogP contribution in [0.3, 0.4) is 0 Å². The maximum absolute atomic E-state index is 10.9. The zero-order chi connectivity index (χ0) is 17.0. The third-order valence-corrected chi connectivity index (χ3v) is 10.8. The number of carboxylic acid groups (broad SMARTS) is 1. The van der Waals surface area contributed by atoms with Gasteiger partial charge in [-0.25, -0.2) is 4.79 Å². The minimum atomic E-state index is -1.56. The van der Waals surface area contributed by atoms with Crippen LogP contribution in [-0.2, 0) is 6.42 Å². The van der Waals surface area contributed by atoms with E-state index in [9.17, 15) is 4.79 Å². The fourth-order valence-corrected chi connectivity index (χ4v) is 7.55. The van der Waals surface area contributed by atoms with Crippen LogP contribution in [0.4, 0.5) is 4.79 Å². The van der Waals surface area contributed by atoms with Crippen LogP contribution in [0.25, 0.3) is 10.9 Å². The van der Waals surface area contributed by atoms with Crippen LogP contribution < -0.4 is 10.6 Å². The van der Waals surface area contributed by atoms with E-state index in [0.29, 0.717) is 0 Å². The average molecular weight is 333 g/mol. The Hall–Kier alpha value is -1.75. The van der Waals surface area contributed by atoms with Crippen molar-refractivity contribution in [3.05, 3.63) is 29.8 Å². The second-order valence-corrected chi connectivity index (χ2v) is 11.6. The highest BCUT2D eigenvalue weighted by atomic mass is 28.3. The van der Waals surface area contributed by atoms with Gasteiger partial charge in [0.1, 0.15) is 8.07 Å². The number of nitrogens with one attached hydrogen (secondary N) is 2. The second-order valence-electron chi connectivity index (χ2n) is 6.42. The summed E-state index contributed by atoms with van der Waals surface area (Å²) in [7, 11) is -1.56. The molecule has 4 nitrogen and oxygen atoms in total. The Morgan fingerprint density at radius 3 is 2.39 bits per heavy atom. The molecular formula is C18H28N2O2Si. The molecule has 126 valence electrons. The molecular weight excluding hydrogens is 304 g/mol. The van der Waals surface area contributed by atoms with Crippen molar-refractivity contribution in [3.8, 4) is 0 Å². The van der Waals surface area contributed by atoms with Crippen molar-refractivity contribution in [2.24, 2.45) is 0 Å². The van der Waals surface area contributed by atoms with Gasteiger partial charge in [-0.05, 0) is 25.0 Å². The smallest absolute Gasteiger partial charge is 0.404 e. The molecule has 1 heterocycles. The summed E-state index contributed by atoms with van der Waals surface area (Å²) in [5, 5.41) is 14.2. The van der Waals surface area contributed by atoms with E-state index in [4.69, 9.17) is 5.11 Å². The summed E-state index contributed by atoms with van der Waals surface area (Å²) in [4.78, 5) is 14.6. The molecule has 1 unspecified atom stereocenters. The SMILES string of the molecule is CC[Si](CC)(CC)c1[nH]c2ccccc2c1CC(C)NC(=O)O. The van der Waals surface area contributed by atoms with Gasteiger partial charge in [0.15, 0.2) is 0 Å². The first kappa shape index (κ1) is 17.6. The van der Waals surface area contributed by atoms with Crippen molar-refractivity contribution in [2.75, 3.05) is 0 Å². The molecule has 1 amide bonds. The minimum absolute atomic E-state index is 0.0947. The molecule has 0 saturated carbocycles.